The van der Waals surface area contributed by atoms with Gasteiger partial charge in [-0.3, -0.25) is 4.79 Å². The van der Waals surface area contributed by atoms with Crippen LogP contribution in [0.15, 0.2) is 101 Å². The van der Waals surface area contributed by atoms with Gasteiger partial charge in [0.25, 0.3) is 5.56 Å². The van der Waals surface area contributed by atoms with Gasteiger partial charge >= 0.3 is 0 Å². The Hall–Kier alpha value is -5.17. The molecule has 5 aromatic rings. The molecule has 7 nitrogen and oxygen atoms in total. The maximum Gasteiger partial charge on any atom is 0.282 e. The van der Waals surface area contributed by atoms with Crippen molar-refractivity contribution < 1.29 is 14.2 Å². The van der Waals surface area contributed by atoms with Crippen LogP contribution in [0.2, 0.25) is 0 Å². The van der Waals surface area contributed by atoms with Gasteiger partial charge in [0.05, 0.1) is 30.8 Å². The van der Waals surface area contributed by atoms with Crippen LogP contribution in [-0.2, 0) is 13.0 Å². The topological polar surface area (TPSA) is 74.9 Å². The zero-order valence-corrected chi connectivity index (χ0v) is 26.5. The number of hydrogen-bond acceptors (Lipinski definition) is 6. The van der Waals surface area contributed by atoms with Crippen molar-refractivity contribution in [2.45, 2.75) is 46.6 Å². The van der Waals surface area contributed by atoms with Crippen molar-refractivity contribution in [3.8, 4) is 28.6 Å². The molecule has 0 unspecified atom stereocenters. The molecule has 0 atom stereocenters. The third-order valence-electron chi connectivity index (χ3n) is 7.56. The number of ether oxygens (including phenoxy) is 3. The molecule has 45 heavy (non-hydrogen) atoms. The Morgan fingerprint density at radius 3 is 2.44 bits per heavy atom. The summed E-state index contributed by atoms with van der Waals surface area (Å²) in [6.07, 6.45) is 4.06. The molecular weight excluding hydrogens is 562 g/mol. The second-order valence-electron chi connectivity index (χ2n) is 11.1. The molecule has 0 saturated carbocycles. The van der Waals surface area contributed by atoms with Crippen LogP contribution in [0, 0.1) is 6.92 Å². The Kier molecular flexibility index (Phi) is 9.78. The Balaban J connectivity index is 1.64. The van der Waals surface area contributed by atoms with E-state index in [2.05, 4.69) is 26.5 Å². The van der Waals surface area contributed by atoms with E-state index in [0.717, 1.165) is 39.1 Å². The lowest BCUT2D eigenvalue weighted by Crippen LogP contribution is -2.21. The van der Waals surface area contributed by atoms with E-state index in [1.54, 1.807) is 19.4 Å². The van der Waals surface area contributed by atoms with E-state index in [-0.39, 0.29) is 11.5 Å². The molecule has 7 heteroatoms. The molecule has 0 amide bonds. The molecule has 0 spiro atoms. The van der Waals surface area contributed by atoms with E-state index in [1.165, 1.54) is 4.68 Å². The normalized spacial score (nSPS) is 11.3. The Morgan fingerprint density at radius 2 is 1.73 bits per heavy atom. The number of para-hydroxylation sites is 1. The highest BCUT2D eigenvalue weighted by molar-refractivity contribution is 5.83. The summed E-state index contributed by atoms with van der Waals surface area (Å²) in [7, 11) is 1.67. The summed E-state index contributed by atoms with van der Waals surface area (Å²) in [5.41, 5.74) is 5.83. The molecular formula is C38H39N3O4. The van der Waals surface area contributed by atoms with Crippen LogP contribution in [0.3, 0.4) is 0 Å². The van der Waals surface area contributed by atoms with E-state index < -0.39 is 0 Å². The van der Waals surface area contributed by atoms with Gasteiger partial charge in [-0.05, 0) is 84.8 Å². The zero-order chi connectivity index (χ0) is 31.9. The Labute approximate surface area is 264 Å². The highest BCUT2D eigenvalue weighted by Gasteiger charge is 2.19. The summed E-state index contributed by atoms with van der Waals surface area (Å²) in [5.74, 6) is 2.73. The molecule has 0 aliphatic carbocycles. The number of benzene rings is 4. The minimum absolute atomic E-state index is 0.200. The van der Waals surface area contributed by atoms with Gasteiger partial charge in [-0.1, -0.05) is 62.4 Å². The number of fused-ring (bicyclic) bond motifs is 1. The molecule has 230 valence electrons. The lowest BCUT2D eigenvalue weighted by molar-refractivity contribution is 0.267. The highest BCUT2D eigenvalue weighted by atomic mass is 16.5. The number of aromatic nitrogens is 2. The molecule has 0 aliphatic rings. The first-order valence-corrected chi connectivity index (χ1v) is 15.2. The number of rotatable bonds is 12. The second-order valence-corrected chi connectivity index (χ2v) is 11.1. The van der Waals surface area contributed by atoms with Gasteiger partial charge in [0.1, 0.15) is 12.4 Å². The smallest absolute Gasteiger partial charge is 0.282 e. The molecule has 4 aromatic carbocycles. The van der Waals surface area contributed by atoms with E-state index in [1.807, 2.05) is 86.7 Å². The summed E-state index contributed by atoms with van der Waals surface area (Å²) in [6.45, 7) is 13.0. The predicted molar refractivity (Wildman–Crippen MR) is 182 cm³/mol. The lowest BCUT2D eigenvalue weighted by atomic mass is 9.96. The van der Waals surface area contributed by atoms with Gasteiger partial charge < -0.3 is 14.2 Å². The van der Waals surface area contributed by atoms with Crippen molar-refractivity contribution in [3.05, 3.63) is 130 Å². The first kappa shape index (κ1) is 31.3. The van der Waals surface area contributed by atoms with Crippen LogP contribution in [0.25, 0.3) is 22.3 Å². The molecule has 0 fully saturated rings. The average Bonchev–Trinajstić information content (AvgIpc) is 3.04. The third kappa shape index (κ3) is 6.83. The van der Waals surface area contributed by atoms with Crippen molar-refractivity contribution in [1.82, 2.24) is 9.66 Å². The average molecular weight is 602 g/mol. The molecule has 0 saturated heterocycles. The molecule has 1 aromatic heterocycles. The summed E-state index contributed by atoms with van der Waals surface area (Å²) in [4.78, 5) is 18.9. The Bertz CT molecular complexity index is 1910. The van der Waals surface area contributed by atoms with Crippen LogP contribution in [0.4, 0.5) is 0 Å². The van der Waals surface area contributed by atoms with Crippen LogP contribution < -0.4 is 19.8 Å². The van der Waals surface area contributed by atoms with Gasteiger partial charge in [0.15, 0.2) is 17.3 Å². The second kappa shape index (κ2) is 14.1. The van der Waals surface area contributed by atoms with Crippen LogP contribution in [0.1, 0.15) is 54.5 Å². The number of nitrogens with zero attached hydrogens (tertiary/aromatic N) is 3. The summed E-state index contributed by atoms with van der Waals surface area (Å²) in [5, 5.41) is 5.24. The minimum atomic E-state index is -0.257. The lowest BCUT2D eigenvalue weighted by Gasteiger charge is -2.18. The highest BCUT2D eigenvalue weighted by Crippen LogP contribution is 2.36. The predicted octanol–water partition coefficient (Wildman–Crippen LogP) is 8.09. The standard InChI is InChI=1S/C38H39N3O4/c1-7-14-29-20-28(21-35(44-8-2)36(29)45-24-27-15-10-9-11-16-27)23-39-41-37(40-33-18-13-12-17-30(33)38(41)42)32-22-31(25(3)4)34(43-6)19-26(32)5/h7,9-13,15-23,25H,1,8,14,24H2,2-6H3. The molecule has 1 heterocycles. The van der Waals surface area contributed by atoms with Crippen LogP contribution >= 0.6 is 0 Å². The third-order valence-corrected chi connectivity index (χ3v) is 7.56. The molecule has 5 rings (SSSR count). The molecule has 0 bridgehead atoms. The number of hydrogen-bond donors (Lipinski definition) is 0. The van der Waals surface area contributed by atoms with Gasteiger partial charge in [-0.25, -0.2) is 4.98 Å². The molecule has 0 radical (unpaired) electrons. The zero-order valence-electron chi connectivity index (χ0n) is 26.5. The van der Waals surface area contributed by atoms with E-state index in [0.29, 0.717) is 47.9 Å². The quantitative estimate of drug-likeness (QED) is 0.107. The van der Waals surface area contributed by atoms with E-state index in [9.17, 15) is 4.79 Å². The largest absolute Gasteiger partial charge is 0.496 e. The number of methoxy groups -OCH3 is 1. The first-order chi connectivity index (χ1) is 21.8. The van der Waals surface area contributed by atoms with Crippen molar-refractivity contribution in [2.75, 3.05) is 13.7 Å². The first-order valence-electron chi connectivity index (χ1n) is 15.2. The van der Waals surface area contributed by atoms with Crippen molar-refractivity contribution in [1.29, 1.82) is 0 Å². The summed E-state index contributed by atoms with van der Waals surface area (Å²) >= 11 is 0. The maximum absolute atomic E-state index is 13.9. The number of aryl methyl sites for hydroxylation is 1. The fraction of sp³-hybridized carbons (Fsp3) is 0.237. The molecule has 0 aliphatic heterocycles. The fourth-order valence-corrected chi connectivity index (χ4v) is 5.32. The SMILES string of the molecule is C=CCc1cc(C=Nn2c(-c3cc(C(C)C)c(OC)cc3C)nc3ccccc3c2=O)cc(OCC)c1OCc1ccccc1. The fourth-order valence-electron chi connectivity index (χ4n) is 5.32. The van der Waals surface area contributed by atoms with Gasteiger partial charge in [0, 0.05) is 11.1 Å². The van der Waals surface area contributed by atoms with Crippen molar-refractivity contribution in [3.63, 3.8) is 0 Å². The number of allylic oxidation sites excluding steroid dienone is 1. The monoisotopic (exact) mass is 601 g/mol. The van der Waals surface area contributed by atoms with Crippen LogP contribution in [0.5, 0.6) is 17.2 Å². The minimum Gasteiger partial charge on any atom is -0.496 e. The maximum atomic E-state index is 13.9. The Morgan fingerprint density at radius 1 is 0.978 bits per heavy atom. The summed E-state index contributed by atoms with van der Waals surface area (Å²) in [6, 6.07) is 25.2. The van der Waals surface area contributed by atoms with Gasteiger partial charge in [-0.15, -0.1) is 6.58 Å². The van der Waals surface area contributed by atoms with Crippen LogP contribution in [-0.4, -0.2) is 29.6 Å². The summed E-state index contributed by atoms with van der Waals surface area (Å²) < 4.78 is 19.4. The van der Waals surface area contributed by atoms with E-state index >= 15 is 0 Å². The van der Waals surface area contributed by atoms with Gasteiger partial charge in [-0.2, -0.15) is 9.78 Å². The van der Waals surface area contributed by atoms with Crippen molar-refractivity contribution >= 4 is 17.1 Å². The van der Waals surface area contributed by atoms with Crippen molar-refractivity contribution in [2.24, 2.45) is 5.10 Å². The molecule has 0 N–H and O–H groups in total. The van der Waals surface area contributed by atoms with E-state index in [4.69, 9.17) is 24.3 Å². The van der Waals surface area contributed by atoms with Gasteiger partial charge in [0.2, 0.25) is 0 Å².